The summed E-state index contributed by atoms with van der Waals surface area (Å²) >= 11 is 0. The Hall–Kier alpha value is -2.21. The third-order valence-electron chi connectivity index (χ3n) is 5.10. The summed E-state index contributed by atoms with van der Waals surface area (Å²) in [5, 5.41) is 10.5. The molecule has 24 heavy (non-hydrogen) atoms. The van der Waals surface area contributed by atoms with Crippen molar-refractivity contribution in [2.45, 2.75) is 51.1 Å². The average Bonchev–Trinajstić information content (AvgIpc) is 3.21. The van der Waals surface area contributed by atoms with E-state index >= 15 is 0 Å². The maximum atomic E-state index is 12.6. The highest BCUT2D eigenvalue weighted by atomic mass is 16.5. The molecule has 1 saturated heterocycles. The molecule has 6 heteroatoms. The fourth-order valence-electron chi connectivity index (χ4n) is 3.90. The number of nitrogens with zero attached hydrogens (tertiary/aromatic N) is 2. The van der Waals surface area contributed by atoms with Crippen LogP contribution in [0.2, 0.25) is 0 Å². The van der Waals surface area contributed by atoms with Gasteiger partial charge in [0.1, 0.15) is 0 Å². The quantitative estimate of drug-likeness (QED) is 0.906. The number of nitrogens with one attached hydrogen (secondary N) is 2. The van der Waals surface area contributed by atoms with Gasteiger partial charge in [-0.1, -0.05) is 30.1 Å². The number of carbonyl (C=O) groups excluding carboxylic acids is 1. The van der Waals surface area contributed by atoms with Gasteiger partial charge >= 0.3 is 0 Å². The molecule has 2 aliphatic rings. The van der Waals surface area contributed by atoms with Gasteiger partial charge in [0.15, 0.2) is 0 Å². The van der Waals surface area contributed by atoms with Gasteiger partial charge in [-0.2, -0.15) is 4.98 Å². The Morgan fingerprint density at radius 1 is 1.33 bits per heavy atom. The summed E-state index contributed by atoms with van der Waals surface area (Å²) in [6.07, 6.45) is 5.95. The summed E-state index contributed by atoms with van der Waals surface area (Å²) < 4.78 is 5.02. The van der Waals surface area contributed by atoms with Gasteiger partial charge in [0.05, 0.1) is 6.04 Å². The fourth-order valence-corrected chi connectivity index (χ4v) is 3.90. The number of fused-ring (bicyclic) bond motifs is 1. The number of aromatic nitrogens is 2. The monoisotopic (exact) mass is 326 g/mol. The first-order valence-corrected chi connectivity index (χ1v) is 8.67. The highest BCUT2D eigenvalue weighted by molar-refractivity contribution is 5.95. The van der Waals surface area contributed by atoms with Crippen molar-refractivity contribution in [1.29, 1.82) is 0 Å². The van der Waals surface area contributed by atoms with Crippen LogP contribution in [-0.4, -0.2) is 28.1 Å². The van der Waals surface area contributed by atoms with E-state index in [1.165, 1.54) is 25.7 Å². The molecule has 1 aromatic carbocycles. The minimum absolute atomic E-state index is 0.0471. The predicted molar refractivity (Wildman–Crippen MR) is 90.4 cm³/mol. The Morgan fingerprint density at radius 2 is 2.21 bits per heavy atom. The Kier molecular flexibility index (Phi) is 4.06. The number of hydrogen-bond acceptors (Lipinski definition) is 5. The summed E-state index contributed by atoms with van der Waals surface area (Å²) in [7, 11) is 0. The van der Waals surface area contributed by atoms with Gasteiger partial charge in [-0.15, -0.1) is 0 Å². The van der Waals surface area contributed by atoms with E-state index in [2.05, 4.69) is 20.8 Å². The van der Waals surface area contributed by atoms with Gasteiger partial charge in [-0.3, -0.25) is 4.79 Å². The fraction of sp³-hybridized carbons (Fsp3) is 0.500. The van der Waals surface area contributed by atoms with Crippen molar-refractivity contribution < 1.29 is 9.32 Å². The second-order valence-corrected chi connectivity index (χ2v) is 6.81. The summed E-state index contributed by atoms with van der Waals surface area (Å²) in [6, 6.07) is 7.98. The van der Waals surface area contributed by atoms with Crippen molar-refractivity contribution in [2.24, 2.45) is 5.92 Å². The summed E-state index contributed by atoms with van der Waals surface area (Å²) in [6.45, 7) is 1.76. The molecule has 2 fully saturated rings. The van der Waals surface area contributed by atoms with E-state index in [4.69, 9.17) is 4.52 Å². The van der Waals surface area contributed by atoms with Crippen molar-refractivity contribution in [3.8, 4) is 11.4 Å². The van der Waals surface area contributed by atoms with Crippen LogP contribution in [0.4, 0.5) is 5.69 Å². The zero-order valence-electron chi connectivity index (χ0n) is 13.8. The van der Waals surface area contributed by atoms with Gasteiger partial charge < -0.3 is 15.2 Å². The minimum atomic E-state index is -0.0887. The van der Waals surface area contributed by atoms with Crippen LogP contribution in [-0.2, 0) is 4.79 Å². The highest BCUT2D eigenvalue weighted by Crippen LogP contribution is 2.33. The minimum Gasteiger partial charge on any atom is -0.339 e. The maximum absolute atomic E-state index is 12.6. The van der Waals surface area contributed by atoms with Gasteiger partial charge in [-0.25, -0.2) is 0 Å². The number of hydrogen-bond donors (Lipinski definition) is 2. The molecular formula is C18H22N4O2. The number of benzene rings is 1. The van der Waals surface area contributed by atoms with Crippen LogP contribution in [0.5, 0.6) is 0 Å². The molecule has 1 amide bonds. The largest absolute Gasteiger partial charge is 0.339 e. The number of carbonyl (C=O) groups is 1. The van der Waals surface area contributed by atoms with Gasteiger partial charge in [-0.05, 0) is 37.3 Å². The molecule has 1 aliphatic heterocycles. The SMILES string of the molecule is Cc1nc(-c2cccc(NC(=O)[C@@H]3C[C@H]4CCCC[C@H]4N3)c2)no1. The molecule has 2 N–H and O–H groups in total. The second kappa shape index (κ2) is 6.36. The van der Waals surface area contributed by atoms with Crippen LogP contribution in [0.3, 0.4) is 0 Å². The molecule has 0 unspecified atom stereocenters. The number of aryl methyl sites for hydroxylation is 1. The Balaban J connectivity index is 1.44. The Bertz CT molecular complexity index is 728. The summed E-state index contributed by atoms with van der Waals surface area (Å²) in [5.74, 6) is 1.76. The first-order valence-electron chi connectivity index (χ1n) is 8.67. The lowest BCUT2D eigenvalue weighted by Crippen LogP contribution is -2.39. The van der Waals surface area contributed by atoms with Gasteiger partial charge in [0.25, 0.3) is 0 Å². The van der Waals surface area contributed by atoms with Crippen LogP contribution in [0.25, 0.3) is 11.4 Å². The summed E-state index contributed by atoms with van der Waals surface area (Å²) in [4.78, 5) is 16.8. The van der Waals surface area contributed by atoms with Crippen LogP contribution in [0.15, 0.2) is 28.8 Å². The lowest BCUT2D eigenvalue weighted by atomic mass is 9.85. The molecule has 0 radical (unpaired) electrons. The number of anilines is 1. The van der Waals surface area contributed by atoms with Gasteiger partial charge in [0, 0.05) is 24.2 Å². The Morgan fingerprint density at radius 3 is 3.00 bits per heavy atom. The van der Waals surface area contributed by atoms with E-state index in [0.29, 0.717) is 23.7 Å². The number of rotatable bonds is 3. The van der Waals surface area contributed by atoms with Crippen LogP contribution >= 0.6 is 0 Å². The molecular weight excluding hydrogens is 304 g/mol. The lowest BCUT2D eigenvalue weighted by molar-refractivity contribution is -0.117. The van der Waals surface area contributed by atoms with E-state index in [9.17, 15) is 4.79 Å². The van der Waals surface area contributed by atoms with Crippen LogP contribution in [0, 0.1) is 12.8 Å². The van der Waals surface area contributed by atoms with Crippen LogP contribution < -0.4 is 10.6 Å². The molecule has 2 aromatic rings. The topological polar surface area (TPSA) is 80.0 Å². The predicted octanol–water partition coefficient (Wildman–Crippen LogP) is 2.90. The second-order valence-electron chi connectivity index (χ2n) is 6.81. The first-order chi connectivity index (χ1) is 11.7. The van der Waals surface area contributed by atoms with Crippen molar-refractivity contribution in [1.82, 2.24) is 15.5 Å². The molecule has 2 heterocycles. The third-order valence-corrected chi connectivity index (χ3v) is 5.10. The average molecular weight is 326 g/mol. The smallest absolute Gasteiger partial charge is 0.241 e. The molecule has 1 aromatic heterocycles. The normalized spacial score (nSPS) is 26.1. The van der Waals surface area contributed by atoms with Crippen molar-refractivity contribution in [3.05, 3.63) is 30.2 Å². The molecule has 6 nitrogen and oxygen atoms in total. The molecule has 1 saturated carbocycles. The van der Waals surface area contributed by atoms with Crippen molar-refractivity contribution >= 4 is 11.6 Å². The molecule has 3 atom stereocenters. The van der Waals surface area contributed by atoms with E-state index in [0.717, 1.165) is 17.7 Å². The molecule has 0 bridgehead atoms. The van der Waals surface area contributed by atoms with Crippen molar-refractivity contribution in [2.75, 3.05) is 5.32 Å². The van der Waals surface area contributed by atoms with E-state index in [1.54, 1.807) is 6.92 Å². The van der Waals surface area contributed by atoms with Gasteiger partial charge in [0.2, 0.25) is 17.6 Å². The number of amides is 1. The highest BCUT2D eigenvalue weighted by Gasteiger charge is 2.38. The molecule has 0 spiro atoms. The molecule has 1 aliphatic carbocycles. The van der Waals surface area contributed by atoms with Crippen LogP contribution in [0.1, 0.15) is 38.0 Å². The zero-order valence-corrected chi connectivity index (χ0v) is 13.8. The lowest BCUT2D eigenvalue weighted by Gasteiger charge is -2.24. The van der Waals surface area contributed by atoms with E-state index in [-0.39, 0.29) is 11.9 Å². The standard InChI is InChI=1S/C18H22N4O2/c1-11-19-17(22-24-11)13-6-4-7-14(9-13)20-18(23)16-10-12-5-2-3-8-15(12)21-16/h4,6-7,9,12,15-16,21H,2-3,5,8,10H2,1H3,(H,20,23)/t12-,15-,16+/m1/s1. The summed E-state index contributed by atoms with van der Waals surface area (Å²) in [5.41, 5.74) is 1.59. The maximum Gasteiger partial charge on any atom is 0.241 e. The molecule has 4 rings (SSSR count). The third kappa shape index (κ3) is 3.06. The molecule has 126 valence electrons. The zero-order chi connectivity index (χ0) is 16.5. The van der Waals surface area contributed by atoms with E-state index in [1.807, 2.05) is 24.3 Å². The van der Waals surface area contributed by atoms with E-state index < -0.39 is 0 Å². The van der Waals surface area contributed by atoms with Crippen molar-refractivity contribution in [3.63, 3.8) is 0 Å². The first kappa shape index (κ1) is 15.3. The Labute approximate surface area is 141 Å².